The quantitative estimate of drug-likeness (QED) is 0.799. The SMILES string of the molecule is C[C@@H](NC(=O)COc1ccccc1C(C)(C)C)c1ccc2c(c1)CCCC2. The largest absolute Gasteiger partial charge is 0.483 e. The van der Waals surface area contributed by atoms with Crippen molar-refractivity contribution in [1.29, 1.82) is 0 Å². The first-order valence-corrected chi connectivity index (χ1v) is 9.98. The van der Waals surface area contributed by atoms with Crippen molar-refractivity contribution in [2.45, 2.75) is 64.8 Å². The van der Waals surface area contributed by atoms with Gasteiger partial charge >= 0.3 is 0 Å². The summed E-state index contributed by atoms with van der Waals surface area (Å²) in [6.07, 6.45) is 4.87. The molecule has 0 bridgehead atoms. The van der Waals surface area contributed by atoms with Crippen LogP contribution in [0.4, 0.5) is 0 Å². The van der Waals surface area contributed by atoms with Crippen molar-refractivity contribution in [1.82, 2.24) is 5.32 Å². The molecule has 0 saturated heterocycles. The number of amides is 1. The van der Waals surface area contributed by atoms with Crippen molar-refractivity contribution in [3.8, 4) is 5.75 Å². The molecule has 2 aromatic carbocycles. The van der Waals surface area contributed by atoms with Crippen molar-refractivity contribution in [3.05, 3.63) is 64.7 Å². The van der Waals surface area contributed by atoms with Gasteiger partial charge in [-0.05, 0) is 66.3 Å². The molecule has 3 heteroatoms. The van der Waals surface area contributed by atoms with Crippen LogP contribution in [0.1, 0.15) is 68.8 Å². The van der Waals surface area contributed by atoms with E-state index in [4.69, 9.17) is 4.74 Å². The van der Waals surface area contributed by atoms with Gasteiger partial charge in [0.15, 0.2) is 6.61 Å². The van der Waals surface area contributed by atoms with Gasteiger partial charge in [-0.15, -0.1) is 0 Å². The number of rotatable bonds is 5. The number of para-hydroxylation sites is 1. The third kappa shape index (κ3) is 4.91. The number of aryl methyl sites for hydroxylation is 2. The highest BCUT2D eigenvalue weighted by Gasteiger charge is 2.19. The summed E-state index contributed by atoms with van der Waals surface area (Å²) in [4.78, 5) is 12.4. The summed E-state index contributed by atoms with van der Waals surface area (Å²) in [6.45, 7) is 8.50. The topological polar surface area (TPSA) is 38.3 Å². The van der Waals surface area contributed by atoms with E-state index in [9.17, 15) is 4.79 Å². The number of nitrogens with one attached hydrogen (secondary N) is 1. The van der Waals surface area contributed by atoms with Gasteiger partial charge in [0.05, 0.1) is 6.04 Å². The molecule has 0 unspecified atom stereocenters. The van der Waals surface area contributed by atoms with Crippen molar-refractivity contribution in [3.63, 3.8) is 0 Å². The molecule has 0 radical (unpaired) electrons. The van der Waals surface area contributed by atoms with Crippen LogP contribution < -0.4 is 10.1 Å². The van der Waals surface area contributed by atoms with Crippen LogP contribution in [0.3, 0.4) is 0 Å². The highest BCUT2D eigenvalue weighted by Crippen LogP contribution is 2.31. The Kier molecular flexibility index (Phi) is 5.88. The summed E-state index contributed by atoms with van der Waals surface area (Å²) in [7, 11) is 0. The molecular formula is C24H31NO2. The van der Waals surface area contributed by atoms with Gasteiger partial charge in [0.1, 0.15) is 5.75 Å². The lowest BCUT2D eigenvalue weighted by atomic mass is 9.86. The summed E-state index contributed by atoms with van der Waals surface area (Å²) in [5.41, 5.74) is 5.16. The molecule has 1 aliphatic rings. The lowest BCUT2D eigenvalue weighted by molar-refractivity contribution is -0.123. The highest BCUT2D eigenvalue weighted by atomic mass is 16.5. The molecule has 0 saturated carbocycles. The molecule has 1 atom stereocenters. The summed E-state index contributed by atoms with van der Waals surface area (Å²) in [6, 6.07) is 14.5. The zero-order chi connectivity index (χ0) is 19.4. The van der Waals surface area contributed by atoms with Crippen LogP contribution in [-0.4, -0.2) is 12.5 Å². The Morgan fingerprint density at radius 3 is 2.52 bits per heavy atom. The molecule has 1 amide bonds. The first-order valence-electron chi connectivity index (χ1n) is 9.98. The smallest absolute Gasteiger partial charge is 0.258 e. The molecule has 2 aromatic rings. The molecule has 0 aromatic heterocycles. The predicted octanol–water partition coefficient (Wildman–Crippen LogP) is 5.12. The third-order valence-corrected chi connectivity index (χ3v) is 5.30. The maximum absolute atomic E-state index is 12.4. The fraction of sp³-hybridized carbons (Fsp3) is 0.458. The van der Waals surface area contributed by atoms with Gasteiger partial charge in [0.25, 0.3) is 5.91 Å². The van der Waals surface area contributed by atoms with Crippen LogP contribution in [0.15, 0.2) is 42.5 Å². The van der Waals surface area contributed by atoms with Crippen molar-refractivity contribution in [2.75, 3.05) is 6.61 Å². The summed E-state index contributed by atoms with van der Waals surface area (Å²) < 4.78 is 5.84. The first kappa shape index (κ1) is 19.5. The van der Waals surface area contributed by atoms with Gasteiger partial charge in [0.2, 0.25) is 0 Å². The lowest BCUT2D eigenvalue weighted by Crippen LogP contribution is -2.31. The molecule has 0 heterocycles. The number of fused-ring (bicyclic) bond motifs is 1. The molecule has 0 spiro atoms. The maximum atomic E-state index is 12.4. The summed E-state index contributed by atoms with van der Waals surface area (Å²) >= 11 is 0. The van der Waals surface area contributed by atoms with Crippen LogP contribution in [-0.2, 0) is 23.1 Å². The average Bonchev–Trinajstić information content (AvgIpc) is 2.65. The second kappa shape index (κ2) is 8.16. The normalized spacial score (nSPS) is 15.0. The first-order chi connectivity index (χ1) is 12.8. The Hall–Kier alpha value is -2.29. The van der Waals surface area contributed by atoms with Gasteiger partial charge in [-0.1, -0.05) is 57.2 Å². The molecular weight excluding hydrogens is 334 g/mol. The molecule has 144 valence electrons. The van der Waals surface area contributed by atoms with Crippen molar-refractivity contribution >= 4 is 5.91 Å². The van der Waals surface area contributed by atoms with Crippen molar-refractivity contribution < 1.29 is 9.53 Å². The fourth-order valence-electron chi connectivity index (χ4n) is 3.74. The van der Waals surface area contributed by atoms with Crippen molar-refractivity contribution in [2.24, 2.45) is 0 Å². The summed E-state index contributed by atoms with van der Waals surface area (Å²) in [5.74, 6) is 0.686. The lowest BCUT2D eigenvalue weighted by Gasteiger charge is -2.23. The Bertz CT molecular complexity index is 804. The van der Waals surface area contributed by atoms with E-state index in [1.54, 1.807) is 0 Å². The van der Waals surface area contributed by atoms with Gasteiger partial charge in [-0.2, -0.15) is 0 Å². The Labute approximate surface area is 163 Å². The number of carbonyl (C=O) groups excluding carboxylic acids is 1. The average molecular weight is 366 g/mol. The summed E-state index contributed by atoms with van der Waals surface area (Å²) in [5, 5.41) is 3.07. The minimum Gasteiger partial charge on any atom is -0.483 e. The van der Waals surface area contributed by atoms with E-state index in [0.29, 0.717) is 0 Å². The molecule has 27 heavy (non-hydrogen) atoms. The molecule has 3 nitrogen and oxygen atoms in total. The highest BCUT2D eigenvalue weighted by molar-refractivity contribution is 5.78. The molecule has 0 fully saturated rings. The van der Waals surface area contributed by atoms with Gasteiger partial charge in [-0.3, -0.25) is 4.79 Å². The van der Waals surface area contributed by atoms with E-state index in [0.717, 1.165) is 17.7 Å². The Morgan fingerprint density at radius 1 is 1.07 bits per heavy atom. The minimum atomic E-state index is -0.0936. The van der Waals surface area contributed by atoms with E-state index in [1.165, 1.54) is 36.0 Å². The molecule has 1 aliphatic carbocycles. The second-order valence-electron chi connectivity index (χ2n) is 8.56. The van der Waals surface area contributed by atoms with Crippen LogP contribution in [0.5, 0.6) is 5.75 Å². The fourth-order valence-corrected chi connectivity index (χ4v) is 3.74. The minimum absolute atomic E-state index is 0.0220. The van der Waals surface area contributed by atoms with E-state index < -0.39 is 0 Å². The molecule has 3 rings (SSSR count). The van der Waals surface area contributed by atoms with Gasteiger partial charge in [-0.25, -0.2) is 0 Å². The van der Waals surface area contributed by atoms with E-state index in [1.807, 2.05) is 25.1 Å². The number of benzene rings is 2. The van der Waals surface area contributed by atoms with E-state index >= 15 is 0 Å². The van der Waals surface area contributed by atoms with Crippen LogP contribution >= 0.6 is 0 Å². The zero-order valence-electron chi connectivity index (χ0n) is 17.0. The number of carbonyl (C=O) groups is 1. The monoisotopic (exact) mass is 365 g/mol. The Balaban J connectivity index is 1.60. The number of hydrogen-bond donors (Lipinski definition) is 1. The predicted molar refractivity (Wildman–Crippen MR) is 110 cm³/mol. The third-order valence-electron chi connectivity index (χ3n) is 5.30. The van der Waals surface area contributed by atoms with Crippen LogP contribution in [0, 0.1) is 0 Å². The van der Waals surface area contributed by atoms with Crippen LogP contribution in [0.2, 0.25) is 0 Å². The second-order valence-corrected chi connectivity index (χ2v) is 8.56. The Morgan fingerprint density at radius 2 is 1.78 bits per heavy atom. The standard InChI is InChI=1S/C24H31NO2/c1-17(19-14-13-18-9-5-6-10-20(18)15-19)25-23(26)16-27-22-12-8-7-11-21(22)24(2,3)4/h7-8,11-15,17H,5-6,9-10,16H2,1-4H3,(H,25,26)/t17-/m1/s1. The molecule has 0 aliphatic heterocycles. The number of ether oxygens (including phenoxy) is 1. The van der Waals surface area contributed by atoms with Crippen LogP contribution in [0.25, 0.3) is 0 Å². The number of hydrogen-bond acceptors (Lipinski definition) is 2. The van der Waals surface area contributed by atoms with E-state index in [2.05, 4.69) is 50.4 Å². The molecule has 1 N–H and O–H groups in total. The van der Waals surface area contributed by atoms with E-state index in [-0.39, 0.29) is 24.0 Å². The van der Waals surface area contributed by atoms with Gasteiger partial charge in [0, 0.05) is 0 Å². The maximum Gasteiger partial charge on any atom is 0.258 e. The zero-order valence-corrected chi connectivity index (χ0v) is 17.0. The van der Waals surface area contributed by atoms with Gasteiger partial charge < -0.3 is 10.1 Å².